The highest BCUT2D eigenvalue weighted by Gasteiger charge is 2.03. The molecule has 0 spiro atoms. The third kappa shape index (κ3) is 6.03. The van der Waals surface area contributed by atoms with Gasteiger partial charge in [-0.05, 0) is 24.5 Å². The summed E-state index contributed by atoms with van der Waals surface area (Å²) >= 11 is 0. The van der Waals surface area contributed by atoms with Crippen LogP contribution in [0.1, 0.15) is 39.5 Å². The number of nitrogens with zero attached hydrogens (tertiary/aromatic N) is 2. The molecule has 0 aliphatic heterocycles. The summed E-state index contributed by atoms with van der Waals surface area (Å²) in [5.74, 6) is 0.688. The molecule has 0 saturated carbocycles. The molecule has 0 radical (unpaired) electrons. The van der Waals surface area contributed by atoms with Gasteiger partial charge in [0, 0.05) is 0 Å². The molecule has 1 unspecified atom stereocenters. The van der Waals surface area contributed by atoms with E-state index in [0.29, 0.717) is 5.92 Å². The lowest BCUT2D eigenvalue weighted by Crippen LogP contribution is -2.02. The average molecular weight is 230 g/mol. The maximum atomic E-state index is 4.27. The largest absolute Gasteiger partial charge is 0.225 e. The standard InChI is InChI=1S/C15H22N2/c1-3-5-9-14(4-2)12-16-13-17-15-10-7-6-8-11-15/h6-8,10-11,14H,3-5,9,12H2,1-2H3. The van der Waals surface area contributed by atoms with Crippen molar-refractivity contribution in [3.05, 3.63) is 30.3 Å². The number of rotatable bonds is 7. The molecule has 1 aromatic rings. The van der Waals surface area contributed by atoms with Crippen molar-refractivity contribution in [1.29, 1.82) is 0 Å². The first kappa shape index (κ1) is 13.7. The van der Waals surface area contributed by atoms with E-state index in [0.717, 1.165) is 12.2 Å². The fourth-order valence-corrected chi connectivity index (χ4v) is 1.68. The SMILES string of the molecule is CCCCC(CC)CN=C=Nc1ccccc1. The minimum atomic E-state index is 0.688. The van der Waals surface area contributed by atoms with Gasteiger partial charge in [0.15, 0.2) is 0 Å². The Hall–Kier alpha value is -1.40. The first-order chi connectivity index (χ1) is 8.36. The van der Waals surface area contributed by atoms with Crippen LogP contribution in [0.15, 0.2) is 40.3 Å². The zero-order valence-corrected chi connectivity index (χ0v) is 10.9. The maximum absolute atomic E-state index is 4.27. The van der Waals surface area contributed by atoms with E-state index in [2.05, 4.69) is 29.8 Å². The number of benzene rings is 1. The summed E-state index contributed by atoms with van der Waals surface area (Å²) in [5, 5.41) is 0. The van der Waals surface area contributed by atoms with Crippen LogP contribution in [0.4, 0.5) is 5.69 Å². The molecule has 2 heteroatoms. The van der Waals surface area contributed by atoms with E-state index in [4.69, 9.17) is 0 Å². The number of para-hydroxylation sites is 1. The molecule has 1 rings (SSSR count). The van der Waals surface area contributed by atoms with E-state index in [9.17, 15) is 0 Å². The van der Waals surface area contributed by atoms with Gasteiger partial charge >= 0.3 is 0 Å². The van der Waals surface area contributed by atoms with E-state index < -0.39 is 0 Å². The Kier molecular flexibility index (Phi) is 7.01. The second kappa shape index (κ2) is 8.72. The predicted molar refractivity (Wildman–Crippen MR) is 74.1 cm³/mol. The molecule has 0 aliphatic carbocycles. The number of hydrogen-bond acceptors (Lipinski definition) is 2. The third-order valence-electron chi connectivity index (χ3n) is 2.90. The lowest BCUT2D eigenvalue weighted by atomic mass is 10.00. The van der Waals surface area contributed by atoms with Crippen molar-refractivity contribution in [3.8, 4) is 0 Å². The second-order valence-electron chi connectivity index (χ2n) is 4.30. The van der Waals surface area contributed by atoms with Crippen LogP contribution in [0.3, 0.4) is 0 Å². The van der Waals surface area contributed by atoms with E-state index in [1.54, 1.807) is 0 Å². The molecule has 92 valence electrons. The number of unbranched alkanes of at least 4 members (excludes halogenated alkanes) is 1. The summed E-state index contributed by atoms with van der Waals surface area (Å²) in [4.78, 5) is 8.45. The summed E-state index contributed by atoms with van der Waals surface area (Å²) in [6, 6.07) is 12.6. The maximum Gasteiger partial charge on any atom is 0.0949 e. The van der Waals surface area contributed by atoms with E-state index in [-0.39, 0.29) is 0 Å². The van der Waals surface area contributed by atoms with Gasteiger partial charge in [0.1, 0.15) is 0 Å². The zero-order valence-electron chi connectivity index (χ0n) is 10.9. The Morgan fingerprint density at radius 1 is 1.18 bits per heavy atom. The van der Waals surface area contributed by atoms with Crippen molar-refractivity contribution in [3.63, 3.8) is 0 Å². The molecule has 17 heavy (non-hydrogen) atoms. The predicted octanol–water partition coefficient (Wildman–Crippen LogP) is 4.71. The molecule has 0 heterocycles. The summed E-state index contributed by atoms with van der Waals surface area (Å²) in [7, 11) is 0. The number of aliphatic imine (C=N–C) groups is 2. The van der Waals surface area contributed by atoms with Gasteiger partial charge in [-0.2, -0.15) is 4.99 Å². The molecule has 0 amide bonds. The zero-order chi connectivity index (χ0) is 12.3. The van der Waals surface area contributed by atoms with Crippen molar-refractivity contribution in [1.82, 2.24) is 0 Å². The minimum Gasteiger partial charge on any atom is -0.225 e. The highest BCUT2D eigenvalue weighted by molar-refractivity contribution is 5.51. The smallest absolute Gasteiger partial charge is 0.0949 e. The van der Waals surface area contributed by atoms with Crippen molar-refractivity contribution in [2.45, 2.75) is 39.5 Å². The van der Waals surface area contributed by atoms with Gasteiger partial charge in [-0.25, -0.2) is 4.99 Å². The average Bonchev–Trinajstić information content (AvgIpc) is 2.39. The van der Waals surface area contributed by atoms with Gasteiger partial charge in [-0.15, -0.1) is 0 Å². The highest BCUT2D eigenvalue weighted by atomic mass is 14.8. The molecule has 0 saturated heterocycles. The van der Waals surface area contributed by atoms with Gasteiger partial charge in [0.05, 0.1) is 18.2 Å². The Labute approximate surface area is 105 Å². The van der Waals surface area contributed by atoms with Crippen LogP contribution in [0, 0.1) is 5.92 Å². The summed E-state index contributed by atoms with van der Waals surface area (Å²) < 4.78 is 0. The molecule has 0 fully saturated rings. The molecule has 1 aromatic carbocycles. The second-order valence-corrected chi connectivity index (χ2v) is 4.30. The summed E-state index contributed by atoms with van der Waals surface area (Å²) in [6.45, 7) is 5.31. The van der Waals surface area contributed by atoms with E-state index in [1.807, 2.05) is 30.3 Å². The van der Waals surface area contributed by atoms with Crippen molar-refractivity contribution >= 4 is 11.7 Å². The van der Waals surface area contributed by atoms with Crippen molar-refractivity contribution < 1.29 is 0 Å². The molecular weight excluding hydrogens is 208 g/mol. The normalized spacial score (nSPS) is 11.6. The molecule has 0 N–H and O–H groups in total. The van der Waals surface area contributed by atoms with Gasteiger partial charge in [-0.1, -0.05) is 51.3 Å². The van der Waals surface area contributed by atoms with Gasteiger partial charge in [0.2, 0.25) is 0 Å². The quantitative estimate of drug-likeness (QED) is 0.606. The fraction of sp³-hybridized carbons (Fsp3) is 0.533. The topological polar surface area (TPSA) is 24.7 Å². The lowest BCUT2D eigenvalue weighted by molar-refractivity contribution is 0.463. The van der Waals surface area contributed by atoms with Gasteiger partial charge < -0.3 is 0 Å². The Bertz CT molecular complexity index is 350. The van der Waals surface area contributed by atoms with Crippen LogP contribution in [-0.4, -0.2) is 12.6 Å². The summed E-state index contributed by atoms with van der Waals surface area (Å²) in [5.41, 5.74) is 0.915. The van der Waals surface area contributed by atoms with Crippen molar-refractivity contribution in [2.75, 3.05) is 6.54 Å². The van der Waals surface area contributed by atoms with E-state index in [1.165, 1.54) is 25.7 Å². The van der Waals surface area contributed by atoms with E-state index >= 15 is 0 Å². The van der Waals surface area contributed by atoms with Crippen LogP contribution in [0.25, 0.3) is 0 Å². The van der Waals surface area contributed by atoms with Crippen LogP contribution >= 0.6 is 0 Å². The summed E-state index contributed by atoms with van der Waals surface area (Å²) in [6.07, 6.45) is 5.02. The highest BCUT2D eigenvalue weighted by Crippen LogP contribution is 2.12. The Morgan fingerprint density at radius 3 is 2.59 bits per heavy atom. The Morgan fingerprint density at radius 2 is 1.94 bits per heavy atom. The molecule has 0 aliphatic rings. The molecule has 0 bridgehead atoms. The van der Waals surface area contributed by atoms with Crippen LogP contribution < -0.4 is 0 Å². The van der Waals surface area contributed by atoms with Crippen LogP contribution in [0.2, 0.25) is 0 Å². The Balaban J connectivity index is 2.40. The fourth-order valence-electron chi connectivity index (χ4n) is 1.68. The molecular formula is C15H22N2. The third-order valence-corrected chi connectivity index (χ3v) is 2.90. The van der Waals surface area contributed by atoms with Crippen LogP contribution in [0.5, 0.6) is 0 Å². The number of hydrogen-bond donors (Lipinski definition) is 0. The molecule has 0 aromatic heterocycles. The molecule has 2 nitrogen and oxygen atoms in total. The van der Waals surface area contributed by atoms with Gasteiger partial charge in [0.25, 0.3) is 0 Å². The van der Waals surface area contributed by atoms with Gasteiger partial charge in [-0.3, -0.25) is 0 Å². The minimum absolute atomic E-state index is 0.688. The molecule has 1 atom stereocenters. The van der Waals surface area contributed by atoms with Crippen LogP contribution in [-0.2, 0) is 0 Å². The first-order valence-corrected chi connectivity index (χ1v) is 6.54. The van der Waals surface area contributed by atoms with Crippen molar-refractivity contribution in [2.24, 2.45) is 15.9 Å². The first-order valence-electron chi connectivity index (χ1n) is 6.54. The lowest BCUT2D eigenvalue weighted by Gasteiger charge is -2.09. The monoisotopic (exact) mass is 230 g/mol.